The summed E-state index contributed by atoms with van der Waals surface area (Å²) in [4.78, 5) is 47.6. The molecule has 4 rings (SSSR count). The second-order valence-corrected chi connectivity index (χ2v) is 8.65. The van der Waals surface area contributed by atoms with E-state index < -0.39 is 5.97 Å². The molecule has 0 aliphatic carbocycles. The van der Waals surface area contributed by atoms with Crippen molar-refractivity contribution in [2.24, 2.45) is 5.92 Å². The number of aromatic amines is 1. The van der Waals surface area contributed by atoms with Gasteiger partial charge in [-0.3, -0.25) is 14.5 Å². The van der Waals surface area contributed by atoms with Crippen LogP contribution in [0.1, 0.15) is 33.9 Å². The molecule has 1 amide bonds. The van der Waals surface area contributed by atoms with Crippen LogP contribution >= 0.6 is 11.3 Å². The lowest BCUT2D eigenvalue weighted by Crippen LogP contribution is -2.38. The molecule has 0 saturated carbocycles. The lowest BCUT2D eigenvalue weighted by atomic mass is 9.96. The van der Waals surface area contributed by atoms with Crippen LogP contribution in [0.2, 0.25) is 0 Å². The Morgan fingerprint density at radius 2 is 1.97 bits per heavy atom. The van der Waals surface area contributed by atoms with Crippen LogP contribution in [0.25, 0.3) is 10.2 Å². The standard InChI is InChI=1S/C22H24N4O4S/c1-13-17-20(28)24-16(25-21(17)31-18(13)22(29)30-2)12-26-10-8-14(9-11-26)19(27)23-15-6-4-3-5-7-15/h3-7,14H,8-12H2,1-2H3,(H,23,27)(H,24,25,28). The zero-order valence-electron chi connectivity index (χ0n) is 17.4. The summed E-state index contributed by atoms with van der Waals surface area (Å²) in [5, 5.41) is 3.41. The first kappa shape index (κ1) is 21.2. The summed E-state index contributed by atoms with van der Waals surface area (Å²) < 4.78 is 4.80. The molecule has 0 spiro atoms. The van der Waals surface area contributed by atoms with Gasteiger partial charge in [-0.15, -0.1) is 11.3 Å². The highest BCUT2D eigenvalue weighted by atomic mass is 32.1. The molecule has 2 aromatic heterocycles. The van der Waals surface area contributed by atoms with Gasteiger partial charge in [0.1, 0.15) is 15.5 Å². The van der Waals surface area contributed by atoms with E-state index in [-0.39, 0.29) is 17.4 Å². The van der Waals surface area contributed by atoms with E-state index in [4.69, 9.17) is 4.74 Å². The Balaban J connectivity index is 1.41. The number of carbonyl (C=O) groups excluding carboxylic acids is 2. The maximum atomic E-state index is 12.6. The number of amides is 1. The number of methoxy groups -OCH3 is 1. The van der Waals surface area contributed by atoms with Crippen molar-refractivity contribution in [2.75, 3.05) is 25.5 Å². The Morgan fingerprint density at radius 3 is 2.65 bits per heavy atom. The van der Waals surface area contributed by atoms with Crippen molar-refractivity contribution in [3.63, 3.8) is 0 Å². The van der Waals surface area contributed by atoms with E-state index in [0.29, 0.717) is 33.0 Å². The van der Waals surface area contributed by atoms with E-state index in [9.17, 15) is 14.4 Å². The van der Waals surface area contributed by atoms with Crippen LogP contribution in [-0.4, -0.2) is 46.9 Å². The number of rotatable bonds is 5. The predicted molar refractivity (Wildman–Crippen MR) is 119 cm³/mol. The second kappa shape index (κ2) is 8.99. The predicted octanol–water partition coefficient (Wildman–Crippen LogP) is 2.93. The summed E-state index contributed by atoms with van der Waals surface area (Å²) in [6.07, 6.45) is 1.49. The van der Waals surface area contributed by atoms with Crippen LogP contribution in [0.5, 0.6) is 0 Å². The number of ether oxygens (including phenoxy) is 1. The number of aromatic nitrogens is 2. The van der Waals surface area contributed by atoms with Gasteiger partial charge in [0, 0.05) is 11.6 Å². The van der Waals surface area contributed by atoms with Crippen LogP contribution in [-0.2, 0) is 16.1 Å². The van der Waals surface area contributed by atoms with Gasteiger partial charge in [0.05, 0.1) is 19.0 Å². The highest BCUT2D eigenvalue weighted by molar-refractivity contribution is 7.20. The Labute approximate surface area is 183 Å². The molecule has 3 heterocycles. The molecule has 1 fully saturated rings. The molecule has 3 aromatic rings. The average Bonchev–Trinajstić information content (AvgIpc) is 3.11. The van der Waals surface area contributed by atoms with Crippen molar-refractivity contribution in [3.8, 4) is 0 Å². The lowest BCUT2D eigenvalue weighted by molar-refractivity contribution is -0.121. The number of fused-ring (bicyclic) bond motifs is 1. The molecule has 1 aliphatic rings. The molecule has 2 N–H and O–H groups in total. The summed E-state index contributed by atoms with van der Waals surface area (Å²) in [6.45, 7) is 3.70. The van der Waals surface area contributed by atoms with Crippen molar-refractivity contribution >= 4 is 39.1 Å². The first-order chi connectivity index (χ1) is 15.0. The maximum Gasteiger partial charge on any atom is 0.348 e. The summed E-state index contributed by atoms with van der Waals surface area (Å²) in [6, 6.07) is 9.46. The van der Waals surface area contributed by atoms with E-state index in [1.165, 1.54) is 18.4 Å². The van der Waals surface area contributed by atoms with E-state index in [1.807, 2.05) is 30.3 Å². The molecule has 31 heavy (non-hydrogen) atoms. The number of aryl methyl sites for hydroxylation is 1. The summed E-state index contributed by atoms with van der Waals surface area (Å²) in [5.41, 5.74) is 1.15. The van der Waals surface area contributed by atoms with Crippen molar-refractivity contribution in [2.45, 2.75) is 26.3 Å². The Kier molecular flexibility index (Phi) is 6.15. The topological polar surface area (TPSA) is 104 Å². The highest BCUT2D eigenvalue weighted by Crippen LogP contribution is 2.28. The summed E-state index contributed by atoms with van der Waals surface area (Å²) in [5.74, 6) is 0.108. The molecule has 8 nitrogen and oxygen atoms in total. The van der Waals surface area contributed by atoms with E-state index in [2.05, 4.69) is 20.2 Å². The fourth-order valence-electron chi connectivity index (χ4n) is 3.88. The number of carbonyl (C=O) groups is 2. The maximum absolute atomic E-state index is 12.6. The number of likely N-dealkylation sites (tertiary alicyclic amines) is 1. The minimum atomic E-state index is -0.461. The average molecular weight is 441 g/mol. The normalized spacial score (nSPS) is 15.2. The first-order valence-corrected chi connectivity index (χ1v) is 11.0. The molecule has 0 bridgehead atoms. The van der Waals surface area contributed by atoms with Gasteiger partial charge in [-0.2, -0.15) is 0 Å². The Morgan fingerprint density at radius 1 is 1.26 bits per heavy atom. The number of hydrogen-bond acceptors (Lipinski definition) is 7. The number of anilines is 1. The number of thiophene rings is 1. The van der Waals surface area contributed by atoms with E-state index >= 15 is 0 Å². The van der Waals surface area contributed by atoms with Gasteiger partial charge in [-0.1, -0.05) is 18.2 Å². The van der Waals surface area contributed by atoms with Crippen LogP contribution in [0.15, 0.2) is 35.1 Å². The fraction of sp³-hybridized carbons (Fsp3) is 0.364. The third-order valence-corrected chi connectivity index (χ3v) is 6.76. The van der Waals surface area contributed by atoms with Crippen LogP contribution < -0.4 is 10.9 Å². The van der Waals surface area contributed by atoms with Gasteiger partial charge in [0.2, 0.25) is 5.91 Å². The number of para-hydroxylation sites is 1. The monoisotopic (exact) mass is 440 g/mol. The van der Waals surface area contributed by atoms with Crippen molar-refractivity contribution in [1.29, 1.82) is 0 Å². The van der Waals surface area contributed by atoms with Gasteiger partial charge >= 0.3 is 5.97 Å². The molecular weight excluding hydrogens is 416 g/mol. The molecule has 162 valence electrons. The quantitative estimate of drug-likeness (QED) is 0.591. The number of nitrogens with one attached hydrogen (secondary N) is 2. The van der Waals surface area contributed by atoms with E-state index in [0.717, 1.165) is 31.6 Å². The number of hydrogen-bond donors (Lipinski definition) is 2. The Bertz CT molecular complexity index is 1160. The largest absolute Gasteiger partial charge is 0.465 e. The van der Waals surface area contributed by atoms with Crippen LogP contribution in [0.3, 0.4) is 0 Å². The smallest absolute Gasteiger partial charge is 0.348 e. The third-order valence-electron chi connectivity index (χ3n) is 5.59. The second-order valence-electron chi connectivity index (χ2n) is 7.65. The molecule has 0 radical (unpaired) electrons. The minimum Gasteiger partial charge on any atom is -0.465 e. The van der Waals surface area contributed by atoms with Crippen LogP contribution in [0.4, 0.5) is 5.69 Å². The van der Waals surface area contributed by atoms with Gasteiger partial charge in [-0.05, 0) is 50.6 Å². The number of benzene rings is 1. The molecule has 0 unspecified atom stereocenters. The molecule has 1 saturated heterocycles. The van der Waals surface area contributed by atoms with Gasteiger partial charge < -0.3 is 15.0 Å². The van der Waals surface area contributed by atoms with E-state index in [1.54, 1.807) is 6.92 Å². The minimum absolute atomic E-state index is 0.0338. The molecule has 1 aromatic carbocycles. The number of esters is 1. The third kappa shape index (κ3) is 4.52. The molecular formula is C22H24N4O4S. The lowest BCUT2D eigenvalue weighted by Gasteiger charge is -2.30. The van der Waals surface area contributed by atoms with Crippen LogP contribution in [0, 0.1) is 12.8 Å². The van der Waals surface area contributed by atoms with Gasteiger partial charge in [-0.25, -0.2) is 9.78 Å². The number of H-pyrrole nitrogens is 1. The SMILES string of the molecule is COC(=O)c1sc2nc(CN3CCC(C(=O)Nc4ccccc4)CC3)[nH]c(=O)c2c1C. The fourth-order valence-corrected chi connectivity index (χ4v) is 5.00. The van der Waals surface area contributed by atoms with Crippen molar-refractivity contribution in [3.05, 3.63) is 57.0 Å². The van der Waals surface area contributed by atoms with Gasteiger partial charge in [0.15, 0.2) is 0 Å². The van der Waals surface area contributed by atoms with Crippen molar-refractivity contribution < 1.29 is 14.3 Å². The Hall–Kier alpha value is -3.04. The zero-order chi connectivity index (χ0) is 22.0. The number of piperidine rings is 1. The zero-order valence-corrected chi connectivity index (χ0v) is 18.3. The molecule has 0 atom stereocenters. The van der Waals surface area contributed by atoms with Gasteiger partial charge in [0.25, 0.3) is 5.56 Å². The highest BCUT2D eigenvalue weighted by Gasteiger charge is 2.26. The molecule has 1 aliphatic heterocycles. The first-order valence-electron chi connectivity index (χ1n) is 10.1. The number of nitrogens with zero attached hydrogens (tertiary/aromatic N) is 2. The summed E-state index contributed by atoms with van der Waals surface area (Å²) >= 11 is 1.18. The van der Waals surface area contributed by atoms with Crippen molar-refractivity contribution in [1.82, 2.24) is 14.9 Å². The molecule has 9 heteroatoms. The summed E-state index contributed by atoms with van der Waals surface area (Å²) in [7, 11) is 1.32.